The van der Waals surface area contributed by atoms with Crippen molar-refractivity contribution in [3.63, 3.8) is 0 Å². The van der Waals surface area contributed by atoms with Gasteiger partial charge < -0.3 is 15.6 Å². The Morgan fingerprint density at radius 1 is 1.31 bits per heavy atom. The maximum absolute atomic E-state index is 12.7. The summed E-state index contributed by atoms with van der Waals surface area (Å²) in [5.74, 6) is 0.499. The number of hydrogen-bond donors (Lipinski definition) is 3. The molecule has 1 fully saturated rings. The summed E-state index contributed by atoms with van der Waals surface area (Å²) in [5.41, 5.74) is 3.03. The summed E-state index contributed by atoms with van der Waals surface area (Å²) in [6.07, 6.45) is 2.00. The van der Waals surface area contributed by atoms with E-state index in [1.54, 1.807) is 0 Å². The van der Waals surface area contributed by atoms with Crippen molar-refractivity contribution < 1.29 is 4.79 Å². The minimum Gasteiger partial charge on any atom is -0.341 e. The molecule has 0 unspecified atom stereocenters. The number of amides is 1. The highest BCUT2D eigenvalue weighted by Crippen LogP contribution is 2.21. The first-order valence-corrected chi connectivity index (χ1v) is 9.01. The van der Waals surface area contributed by atoms with E-state index in [1.807, 2.05) is 42.8 Å². The molecule has 4 rings (SSSR count). The molecular weight excluding hydrogens is 330 g/mol. The third kappa shape index (κ3) is 3.08. The first-order valence-electron chi connectivity index (χ1n) is 9.01. The number of imidazole rings is 1. The summed E-state index contributed by atoms with van der Waals surface area (Å²) in [5, 5.41) is 14.7. The van der Waals surface area contributed by atoms with E-state index in [2.05, 4.69) is 30.9 Å². The molecule has 1 atom stereocenters. The van der Waals surface area contributed by atoms with E-state index in [-0.39, 0.29) is 11.9 Å². The van der Waals surface area contributed by atoms with Gasteiger partial charge in [0.15, 0.2) is 5.69 Å². The number of carbonyl (C=O) groups excluding carboxylic acids is 1. The number of piperidine rings is 1. The van der Waals surface area contributed by atoms with Gasteiger partial charge in [-0.25, -0.2) is 9.67 Å². The van der Waals surface area contributed by atoms with Gasteiger partial charge in [0.05, 0.1) is 28.8 Å². The van der Waals surface area contributed by atoms with Crippen molar-refractivity contribution in [3.05, 3.63) is 41.5 Å². The Hall–Kier alpha value is -2.74. The summed E-state index contributed by atoms with van der Waals surface area (Å²) in [6, 6.07) is 7.86. The standard InChI is InChI=1S/C18H23N7O/c1-11(17-21-14-5-3-4-6-15(14)22-17)20-18(26)16-12(2)25(24-23-16)13-7-9-19-10-8-13/h3-6,11,13,19H,7-10H2,1-2H3,(H,20,26)(H,21,22)/t11-/m1/s1. The number of fused-ring (bicyclic) bond motifs is 1. The normalized spacial score (nSPS) is 16.7. The second-order valence-electron chi connectivity index (χ2n) is 6.78. The van der Waals surface area contributed by atoms with Crippen molar-refractivity contribution >= 4 is 16.9 Å². The van der Waals surface area contributed by atoms with Crippen LogP contribution in [0.15, 0.2) is 24.3 Å². The van der Waals surface area contributed by atoms with Gasteiger partial charge in [-0.1, -0.05) is 17.3 Å². The number of aromatic nitrogens is 5. The minimum atomic E-state index is -0.252. The van der Waals surface area contributed by atoms with Gasteiger partial charge >= 0.3 is 0 Å². The maximum atomic E-state index is 12.7. The average molecular weight is 353 g/mol. The lowest BCUT2D eigenvalue weighted by atomic mass is 10.1. The third-order valence-corrected chi connectivity index (χ3v) is 4.96. The molecule has 3 heterocycles. The number of carbonyl (C=O) groups is 1. The van der Waals surface area contributed by atoms with Crippen LogP contribution in [0.3, 0.4) is 0 Å². The van der Waals surface area contributed by atoms with E-state index >= 15 is 0 Å². The molecule has 0 bridgehead atoms. The molecule has 3 aromatic rings. The van der Waals surface area contributed by atoms with Crippen LogP contribution in [-0.2, 0) is 0 Å². The topological polar surface area (TPSA) is 101 Å². The Kier molecular flexibility index (Phi) is 4.42. The molecule has 3 N–H and O–H groups in total. The summed E-state index contributed by atoms with van der Waals surface area (Å²) < 4.78 is 1.89. The number of aromatic amines is 1. The maximum Gasteiger partial charge on any atom is 0.274 e. The highest BCUT2D eigenvalue weighted by atomic mass is 16.2. The first-order chi connectivity index (χ1) is 12.6. The van der Waals surface area contributed by atoms with Crippen LogP contribution in [0.2, 0.25) is 0 Å². The minimum absolute atomic E-state index is 0.226. The van der Waals surface area contributed by atoms with E-state index < -0.39 is 0 Å². The molecule has 2 aromatic heterocycles. The van der Waals surface area contributed by atoms with Crippen LogP contribution in [0.25, 0.3) is 11.0 Å². The molecule has 0 spiro atoms. The second kappa shape index (κ2) is 6.87. The second-order valence-corrected chi connectivity index (χ2v) is 6.78. The number of hydrogen-bond acceptors (Lipinski definition) is 5. The van der Waals surface area contributed by atoms with Crippen LogP contribution in [0.1, 0.15) is 53.9 Å². The smallest absolute Gasteiger partial charge is 0.274 e. The van der Waals surface area contributed by atoms with Crippen LogP contribution < -0.4 is 10.6 Å². The quantitative estimate of drug-likeness (QED) is 0.665. The fraction of sp³-hybridized carbons (Fsp3) is 0.444. The van der Waals surface area contributed by atoms with Crippen LogP contribution in [0.4, 0.5) is 0 Å². The highest BCUT2D eigenvalue weighted by molar-refractivity contribution is 5.93. The zero-order chi connectivity index (χ0) is 18.1. The molecule has 0 saturated carbocycles. The number of benzene rings is 1. The molecule has 1 saturated heterocycles. The van der Waals surface area contributed by atoms with E-state index in [9.17, 15) is 4.79 Å². The highest BCUT2D eigenvalue weighted by Gasteiger charge is 2.24. The van der Waals surface area contributed by atoms with Crippen LogP contribution in [0.5, 0.6) is 0 Å². The lowest BCUT2D eigenvalue weighted by molar-refractivity contribution is 0.0932. The van der Waals surface area contributed by atoms with Gasteiger partial charge in [0.2, 0.25) is 0 Å². The predicted octanol–water partition coefficient (Wildman–Crippen LogP) is 1.88. The third-order valence-electron chi connectivity index (χ3n) is 4.96. The molecule has 136 valence electrons. The molecule has 1 aliphatic rings. The van der Waals surface area contributed by atoms with Gasteiger partial charge in [0.25, 0.3) is 5.91 Å². The van der Waals surface area contributed by atoms with Crippen molar-refractivity contribution in [3.8, 4) is 0 Å². The molecule has 0 radical (unpaired) electrons. The number of para-hydroxylation sites is 2. The molecule has 26 heavy (non-hydrogen) atoms. The molecule has 0 aliphatic carbocycles. The largest absolute Gasteiger partial charge is 0.341 e. The van der Waals surface area contributed by atoms with Gasteiger partial charge in [-0.3, -0.25) is 4.79 Å². The Morgan fingerprint density at radius 3 is 2.85 bits per heavy atom. The fourth-order valence-corrected chi connectivity index (χ4v) is 3.46. The number of nitrogens with one attached hydrogen (secondary N) is 3. The van der Waals surface area contributed by atoms with E-state index in [4.69, 9.17) is 0 Å². The van der Waals surface area contributed by atoms with Crippen molar-refractivity contribution in [2.75, 3.05) is 13.1 Å². The molecule has 8 nitrogen and oxygen atoms in total. The van der Waals surface area contributed by atoms with Crippen LogP contribution in [0, 0.1) is 6.92 Å². The van der Waals surface area contributed by atoms with Gasteiger partial charge in [-0.2, -0.15) is 0 Å². The summed E-state index contributed by atoms with van der Waals surface area (Å²) in [6.45, 7) is 5.74. The lowest BCUT2D eigenvalue weighted by Crippen LogP contribution is -2.31. The van der Waals surface area contributed by atoms with Gasteiger partial charge in [0, 0.05) is 0 Å². The predicted molar refractivity (Wildman–Crippen MR) is 97.9 cm³/mol. The Balaban J connectivity index is 1.50. The Bertz CT molecular complexity index is 890. The summed E-state index contributed by atoms with van der Waals surface area (Å²) in [4.78, 5) is 20.5. The molecule has 1 aliphatic heterocycles. The lowest BCUT2D eigenvalue weighted by Gasteiger charge is -2.23. The Labute approximate surface area is 151 Å². The van der Waals surface area contributed by atoms with Crippen molar-refractivity contribution in [2.45, 2.75) is 38.8 Å². The first kappa shape index (κ1) is 16.7. The molecular formula is C18H23N7O. The van der Waals surface area contributed by atoms with Crippen molar-refractivity contribution in [1.82, 2.24) is 35.6 Å². The zero-order valence-corrected chi connectivity index (χ0v) is 15.0. The number of rotatable bonds is 4. The molecule has 1 amide bonds. The number of nitrogens with zero attached hydrogens (tertiary/aromatic N) is 4. The van der Waals surface area contributed by atoms with Gasteiger partial charge in [-0.05, 0) is 51.9 Å². The molecule has 1 aromatic carbocycles. The Morgan fingerprint density at radius 2 is 2.08 bits per heavy atom. The van der Waals surface area contributed by atoms with Crippen molar-refractivity contribution in [2.24, 2.45) is 0 Å². The number of H-pyrrole nitrogens is 1. The molecule has 8 heteroatoms. The van der Waals surface area contributed by atoms with Gasteiger partial charge in [-0.15, -0.1) is 5.10 Å². The van der Waals surface area contributed by atoms with E-state index in [0.717, 1.165) is 48.5 Å². The SMILES string of the molecule is Cc1c(C(=O)N[C@H](C)c2nc3ccccc3[nH]2)nnn1C1CCNCC1. The van der Waals surface area contributed by atoms with Gasteiger partial charge in [0.1, 0.15) is 5.82 Å². The summed E-state index contributed by atoms with van der Waals surface area (Å²) >= 11 is 0. The van der Waals surface area contributed by atoms with Crippen LogP contribution in [-0.4, -0.2) is 44.0 Å². The van der Waals surface area contributed by atoms with Crippen molar-refractivity contribution in [1.29, 1.82) is 0 Å². The monoisotopic (exact) mass is 353 g/mol. The fourth-order valence-electron chi connectivity index (χ4n) is 3.46. The average Bonchev–Trinajstić information content (AvgIpc) is 3.26. The zero-order valence-electron chi connectivity index (χ0n) is 15.0. The van der Waals surface area contributed by atoms with E-state index in [1.165, 1.54) is 0 Å². The van der Waals surface area contributed by atoms with Crippen LogP contribution >= 0.6 is 0 Å². The summed E-state index contributed by atoms with van der Waals surface area (Å²) in [7, 11) is 0. The van der Waals surface area contributed by atoms with E-state index in [0.29, 0.717) is 11.7 Å².